The summed E-state index contributed by atoms with van der Waals surface area (Å²) in [5.74, 6) is -1.87. The number of likely N-dealkylation sites (N-methyl/N-ethyl adjacent to an activating group) is 1. The van der Waals surface area contributed by atoms with Crippen LogP contribution in [0.15, 0.2) is 23.1 Å². The standard InChI is InChI=1S/C10H14F2N2O2S/c1-7(6-13)14(2)17(15,16)10-4-8(11)3-9(12)5-10/h3-5,7H,6,13H2,1-2H3. The Morgan fingerprint density at radius 2 is 1.76 bits per heavy atom. The van der Waals surface area contributed by atoms with Gasteiger partial charge in [0.05, 0.1) is 4.90 Å². The molecular weight excluding hydrogens is 250 g/mol. The second-order valence-corrected chi connectivity index (χ2v) is 5.71. The Bertz CT molecular complexity index is 485. The minimum Gasteiger partial charge on any atom is -0.329 e. The number of rotatable bonds is 4. The molecule has 0 heterocycles. The fraction of sp³-hybridized carbons (Fsp3) is 0.400. The molecule has 0 aliphatic heterocycles. The van der Waals surface area contributed by atoms with Crippen molar-refractivity contribution >= 4 is 10.0 Å². The molecular formula is C10H14F2N2O2S. The van der Waals surface area contributed by atoms with E-state index < -0.39 is 32.6 Å². The van der Waals surface area contributed by atoms with Gasteiger partial charge in [0.2, 0.25) is 10.0 Å². The summed E-state index contributed by atoms with van der Waals surface area (Å²) in [4.78, 5) is -0.419. The lowest BCUT2D eigenvalue weighted by atomic mass is 10.3. The Morgan fingerprint density at radius 1 is 1.29 bits per heavy atom. The molecule has 0 spiro atoms. The molecule has 0 saturated heterocycles. The summed E-state index contributed by atoms with van der Waals surface area (Å²) < 4.78 is 50.8. The molecule has 0 amide bonds. The zero-order valence-corrected chi connectivity index (χ0v) is 10.3. The summed E-state index contributed by atoms with van der Waals surface area (Å²) in [5.41, 5.74) is 5.35. The van der Waals surface area contributed by atoms with Crippen LogP contribution in [0.5, 0.6) is 0 Å². The summed E-state index contributed by atoms with van der Waals surface area (Å²) in [7, 11) is -2.61. The van der Waals surface area contributed by atoms with Gasteiger partial charge in [-0.15, -0.1) is 0 Å². The molecule has 1 rings (SSSR count). The lowest BCUT2D eigenvalue weighted by Gasteiger charge is -2.22. The van der Waals surface area contributed by atoms with Gasteiger partial charge >= 0.3 is 0 Å². The van der Waals surface area contributed by atoms with E-state index in [1.165, 1.54) is 7.05 Å². The normalized spacial score (nSPS) is 14.0. The fourth-order valence-corrected chi connectivity index (χ4v) is 2.64. The summed E-state index contributed by atoms with van der Waals surface area (Å²) >= 11 is 0. The average Bonchev–Trinajstić information content (AvgIpc) is 2.25. The number of halogens is 2. The summed E-state index contributed by atoms with van der Waals surface area (Å²) in [6, 6.07) is 1.72. The Hall–Kier alpha value is -1.05. The van der Waals surface area contributed by atoms with Crippen molar-refractivity contribution < 1.29 is 17.2 Å². The third-order valence-corrected chi connectivity index (χ3v) is 4.42. The Kier molecular flexibility index (Phi) is 4.18. The molecule has 1 unspecified atom stereocenters. The molecule has 1 aromatic rings. The van der Waals surface area contributed by atoms with Gasteiger partial charge in [0.15, 0.2) is 0 Å². The van der Waals surface area contributed by atoms with Gasteiger partial charge in [0, 0.05) is 25.7 Å². The first kappa shape index (κ1) is 14.0. The molecule has 2 N–H and O–H groups in total. The van der Waals surface area contributed by atoms with E-state index in [0.29, 0.717) is 6.07 Å². The van der Waals surface area contributed by atoms with Gasteiger partial charge in [-0.1, -0.05) is 0 Å². The fourth-order valence-electron chi connectivity index (χ4n) is 1.23. The molecule has 0 aliphatic rings. The van der Waals surface area contributed by atoms with Crippen LogP contribution in [-0.2, 0) is 10.0 Å². The highest BCUT2D eigenvalue weighted by Crippen LogP contribution is 2.18. The molecule has 96 valence electrons. The quantitative estimate of drug-likeness (QED) is 0.880. The molecule has 0 radical (unpaired) electrons. The van der Waals surface area contributed by atoms with Crippen molar-refractivity contribution in [2.45, 2.75) is 17.9 Å². The van der Waals surface area contributed by atoms with E-state index in [4.69, 9.17) is 5.73 Å². The lowest BCUT2D eigenvalue weighted by Crippen LogP contribution is -2.39. The van der Waals surface area contributed by atoms with Gasteiger partial charge in [0.1, 0.15) is 11.6 Å². The van der Waals surface area contributed by atoms with E-state index in [2.05, 4.69) is 0 Å². The zero-order valence-electron chi connectivity index (χ0n) is 9.52. The number of benzene rings is 1. The number of sulfonamides is 1. The van der Waals surface area contributed by atoms with Gasteiger partial charge in [0.25, 0.3) is 0 Å². The van der Waals surface area contributed by atoms with Gasteiger partial charge in [-0.2, -0.15) is 4.31 Å². The first-order chi connectivity index (χ1) is 7.78. The van der Waals surface area contributed by atoms with Crippen LogP contribution in [0.4, 0.5) is 8.78 Å². The van der Waals surface area contributed by atoms with Gasteiger partial charge < -0.3 is 5.73 Å². The highest BCUT2D eigenvalue weighted by molar-refractivity contribution is 7.89. The number of hydrogen-bond acceptors (Lipinski definition) is 3. The SMILES string of the molecule is CC(CN)N(C)S(=O)(=O)c1cc(F)cc(F)c1. The smallest absolute Gasteiger partial charge is 0.243 e. The van der Waals surface area contributed by atoms with E-state index in [-0.39, 0.29) is 6.54 Å². The average molecular weight is 264 g/mol. The predicted molar refractivity (Wildman–Crippen MR) is 59.8 cm³/mol. The Balaban J connectivity index is 3.22. The van der Waals surface area contributed by atoms with Crippen molar-refractivity contribution in [2.24, 2.45) is 5.73 Å². The second-order valence-electron chi connectivity index (χ2n) is 3.71. The minimum absolute atomic E-state index is 0.119. The summed E-state index contributed by atoms with van der Waals surface area (Å²) in [5, 5.41) is 0. The van der Waals surface area contributed by atoms with Crippen LogP contribution in [0.2, 0.25) is 0 Å². The van der Waals surface area contributed by atoms with Crippen LogP contribution in [-0.4, -0.2) is 32.4 Å². The topological polar surface area (TPSA) is 63.4 Å². The summed E-state index contributed by atoms with van der Waals surface area (Å²) in [6.45, 7) is 1.72. The largest absolute Gasteiger partial charge is 0.329 e. The highest BCUT2D eigenvalue weighted by Gasteiger charge is 2.25. The first-order valence-electron chi connectivity index (χ1n) is 4.93. The van der Waals surface area contributed by atoms with Crippen molar-refractivity contribution in [3.8, 4) is 0 Å². The van der Waals surface area contributed by atoms with E-state index in [1.807, 2.05) is 0 Å². The molecule has 4 nitrogen and oxygen atoms in total. The third kappa shape index (κ3) is 2.99. The Labute approximate surface area is 99.1 Å². The molecule has 1 aromatic carbocycles. The van der Waals surface area contributed by atoms with Crippen molar-refractivity contribution in [1.29, 1.82) is 0 Å². The van der Waals surface area contributed by atoms with Crippen LogP contribution < -0.4 is 5.73 Å². The van der Waals surface area contributed by atoms with Crippen molar-refractivity contribution in [3.05, 3.63) is 29.8 Å². The van der Waals surface area contributed by atoms with Crippen LogP contribution in [0.25, 0.3) is 0 Å². The molecule has 17 heavy (non-hydrogen) atoms. The minimum atomic E-state index is -3.92. The molecule has 0 saturated carbocycles. The van der Waals surface area contributed by atoms with Crippen molar-refractivity contribution in [2.75, 3.05) is 13.6 Å². The second kappa shape index (κ2) is 5.07. The first-order valence-corrected chi connectivity index (χ1v) is 6.37. The maximum absolute atomic E-state index is 13.0. The van der Waals surface area contributed by atoms with Crippen LogP contribution in [0.1, 0.15) is 6.92 Å². The van der Waals surface area contributed by atoms with Gasteiger partial charge in [-0.05, 0) is 19.1 Å². The maximum atomic E-state index is 13.0. The van der Waals surface area contributed by atoms with Gasteiger partial charge in [-0.3, -0.25) is 0 Å². The van der Waals surface area contributed by atoms with Crippen molar-refractivity contribution in [3.63, 3.8) is 0 Å². The molecule has 0 aliphatic carbocycles. The van der Waals surface area contributed by atoms with E-state index in [1.54, 1.807) is 6.92 Å². The molecule has 0 bridgehead atoms. The third-order valence-electron chi connectivity index (χ3n) is 2.47. The number of nitrogens with zero attached hydrogens (tertiary/aromatic N) is 1. The Morgan fingerprint density at radius 3 is 2.18 bits per heavy atom. The van der Waals surface area contributed by atoms with Crippen LogP contribution >= 0.6 is 0 Å². The van der Waals surface area contributed by atoms with E-state index in [9.17, 15) is 17.2 Å². The van der Waals surface area contributed by atoms with Crippen LogP contribution in [0, 0.1) is 11.6 Å². The molecule has 7 heteroatoms. The molecule has 0 aromatic heterocycles. The summed E-state index contributed by atoms with van der Waals surface area (Å²) in [6.07, 6.45) is 0. The highest BCUT2D eigenvalue weighted by atomic mass is 32.2. The maximum Gasteiger partial charge on any atom is 0.243 e. The molecule has 1 atom stereocenters. The number of hydrogen-bond donors (Lipinski definition) is 1. The van der Waals surface area contributed by atoms with E-state index >= 15 is 0 Å². The predicted octanol–water partition coefficient (Wildman–Crippen LogP) is 0.933. The lowest BCUT2D eigenvalue weighted by molar-refractivity contribution is 0.394. The van der Waals surface area contributed by atoms with Crippen molar-refractivity contribution in [1.82, 2.24) is 4.31 Å². The van der Waals surface area contributed by atoms with Gasteiger partial charge in [-0.25, -0.2) is 17.2 Å². The monoisotopic (exact) mass is 264 g/mol. The van der Waals surface area contributed by atoms with Crippen LogP contribution in [0.3, 0.4) is 0 Å². The zero-order chi connectivity index (χ0) is 13.2. The van der Waals surface area contributed by atoms with E-state index in [0.717, 1.165) is 16.4 Å². The number of nitrogens with two attached hydrogens (primary N) is 1. The molecule has 0 fully saturated rings.